The number of piperazine rings is 1. The maximum Gasteiger partial charge on any atom is 0.260 e. The number of benzene rings is 1. The van der Waals surface area contributed by atoms with Gasteiger partial charge in [0.2, 0.25) is 0 Å². The van der Waals surface area contributed by atoms with Gasteiger partial charge in [-0.2, -0.15) is 15.0 Å². The van der Waals surface area contributed by atoms with Gasteiger partial charge < -0.3 is 9.47 Å². The molecule has 0 atom stereocenters. The number of hydrogen-bond acceptors (Lipinski definition) is 6. The zero-order valence-electron chi connectivity index (χ0n) is 14.5. The number of anilines is 1. The van der Waals surface area contributed by atoms with Gasteiger partial charge in [-0.1, -0.05) is 0 Å². The highest BCUT2D eigenvalue weighted by atomic mass is 16.1. The van der Waals surface area contributed by atoms with Crippen molar-refractivity contribution < 1.29 is 0 Å². The number of hydrogen-bond donors (Lipinski definition) is 0. The lowest BCUT2D eigenvalue weighted by atomic mass is 10.2. The average Bonchev–Trinajstić information content (AvgIpc) is 3.03. The molecule has 0 amide bonds. The van der Waals surface area contributed by atoms with Crippen LogP contribution in [0.15, 0.2) is 35.5 Å². The Labute approximate surface area is 145 Å². The fourth-order valence-electron chi connectivity index (χ4n) is 3.25. The van der Waals surface area contributed by atoms with Crippen LogP contribution < -0.4 is 10.5 Å². The van der Waals surface area contributed by atoms with Crippen LogP contribution in [0, 0.1) is 0 Å². The van der Waals surface area contributed by atoms with Gasteiger partial charge in [-0.3, -0.25) is 9.69 Å². The maximum atomic E-state index is 12.1. The van der Waals surface area contributed by atoms with E-state index in [-0.39, 0.29) is 5.56 Å². The van der Waals surface area contributed by atoms with Gasteiger partial charge in [-0.05, 0) is 18.2 Å². The summed E-state index contributed by atoms with van der Waals surface area (Å²) in [7, 11) is 3.56. The summed E-state index contributed by atoms with van der Waals surface area (Å²) in [6, 6.07) is 5.91. The van der Waals surface area contributed by atoms with E-state index >= 15 is 0 Å². The smallest absolute Gasteiger partial charge is 0.260 e. The molecule has 0 N–H and O–H groups in total. The first kappa shape index (κ1) is 15.8. The maximum absolute atomic E-state index is 12.1. The van der Waals surface area contributed by atoms with E-state index in [0.29, 0.717) is 5.39 Å². The standard InChI is InChI=1S/C17H21N7O/c1-21-12-18-16-9-14(3-4-15(16)17(21)25)24-7-5-23(6-8-24)11-13-10-19-22(2)20-13/h3-4,9-10,12H,5-8,11H2,1-2H3. The van der Waals surface area contributed by atoms with Crippen molar-refractivity contribution in [2.45, 2.75) is 6.54 Å². The van der Waals surface area contributed by atoms with Gasteiger partial charge in [0.15, 0.2) is 0 Å². The topological polar surface area (TPSA) is 72.1 Å². The van der Waals surface area contributed by atoms with E-state index < -0.39 is 0 Å². The van der Waals surface area contributed by atoms with E-state index in [9.17, 15) is 4.79 Å². The summed E-state index contributed by atoms with van der Waals surface area (Å²) in [5.41, 5.74) is 2.86. The van der Waals surface area contributed by atoms with Crippen LogP contribution in [-0.2, 0) is 20.6 Å². The van der Waals surface area contributed by atoms with Gasteiger partial charge in [0, 0.05) is 52.5 Å². The molecule has 0 spiro atoms. The average molecular weight is 339 g/mol. The van der Waals surface area contributed by atoms with Gasteiger partial charge in [-0.15, -0.1) is 0 Å². The summed E-state index contributed by atoms with van der Waals surface area (Å²) in [6.07, 6.45) is 3.40. The lowest BCUT2D eigenvalue weighted by molar-refractivity contribution is 0.246. The van der Waals surface area contributed by atoms with Crippen LogP contribution in [0.5, 0.6) is 0 Å². The largest absolute Gasteiger partial charge is 0.369 e. The Kier molecular flexibility index (Phi) is 3.96. The van der Waals surface area contributed by atoms with Crippen LogP contribution in [0.4, 0.5) is 5.69 Å². The van der Waals surface area contributed by atoms with Crippen molar-refractivity contribution in [2.24, 2.45) is 14.1 Å². The third-order valence-corrected chi connectivity index (χ3v) is 4.67. The van der Waals surface area contributed by atoms with E-state index in [0.717, 1.165) is 49.6 Å². The quantitative estimate of drug-likeness (QED) is 0.687. The molecule has 3 heterocycles. The lowest BCUT2D eigenvalue weighted by Gasteiger charge is -2.35. The molecule has 0 bridgehead atoms. The molecular weight excluding hydrogens is 318 g/mol. The highest BCUT2D eigenvalue weighted by Crippen LogP contribution is 2.20. The summed E-state index contributed by atoms with van der Waals surface area (Å²) in [4.78, 5) is 22.8. The second kappa shape index (κ2) is 6.29. The molecule has 0 saturated carbocycles. The highest BCUT2D eigenvalue weighted by molar-refractivity contribution is 5.81. The van der Waals surface area contributed by atoms with Crippen molar-refractivity contribution in [3.05, 3.63) is 46.8 Å². The molecule has 0 radical (unpaired) electrons. The summed E-state index contributed by atoms with van der Waals surface area (Å²) in [6.45, 7) is 4.65. The Bertz CT molecular complexity index is 953. The number of aryl methyl sites for hydroxylation is 2. The van der Waals surface area contributed by atoms with E-state index in [1.54, 1.807) is 18.2 Å². The van der Waals surface area contributed by atoms with Crippen molar-refractivity contribution >= 4 is 16.6 Å². The van der Waals surface area contributed by atoms with Crippen LogP contribution in [0.25, 0.3) is 10.9 Å². The normalized spacial score (nSPS) is 15.8. The van der Waals surface area contributed by atoms with Crippen LogP contribution in [-0.4, -0.2) is 55.6 Å². The first-order chi connectivity index (χ1) is 12.1. The lowest BCUT2D eigenvalue weighted by Crippen LogP contribution is -2.46. The molecule has 4 rings (SSSR count). The Balaban J connectivity index is 1.46. The monoisotopic (exact) mass is 339 g/mol. The van der Waals surface area contributed by atoms with E-state index in [4.69, 9.17) is 0 Å². The van der Waals surface area contributed by atoms with Crippen LogP contribution >= 0.6 is 0 Å². The molecule has 130 valence electrons. The molecule has 8 heteroatoms. The molecule has 1 fully saturated rings. The summed E-state index contributed by atoms with van der Waals surface area (Å²) >= 11 is 0. The van der Waals surface area contributed by atoms with Crippen LogP contribution in [0.1, 0.15) is 5.69 Å². The summed E-state index contributed by atoms with van der Waals surface area (Å²) < 4.78 is 1.51. The molecular formula is C17H21N7O. The molecule has 0 unspecified atom stereocenters. The number of rotatable bonds is 3. The molecule has 8 nitrogen and oxygen atoms in total. The molecule has 1 aliphatic rings. The molecule has 1 saturated heterocycles. The van der Waals surface area contributed by atoms with Crippen LogP contribution in [0.2, 0.25) is 0 Å². The van der Waals surface area contributed by atoms with E-state index in [2.05, 4.69) is 25.0 Å². The summed E-state index contributed by atoms with van der Waals surface area (Å²) in [5.74, 6) is 0. The second-order valence-corrected chi connectivity index (χ2v) is 6.45. The van der Waals surface area contributed by atoms with Gasteiger partial charge in [0.05, 0.1) is 29.1 Å². The third-order valence-electron chi connectivity index (χ3n) is 4.67. The third kappa shape index (κ3) is 3.12. The molecule has 3 aromatic rings. The number of aromatic nitrogens is 5. The van der Waals surface area contributed by atoms with Gasteiger partial charge in [-0.25, -0.2) is 4.98 Å². The Hall–Kier alpha value is -2.74. The van der Waals surface area contributed by atoms with Crippen molar-refractivity contribution in [2.75, 3.05) is 31.1 Å². The van der Waals surface area contributed by atoms with Crippen molar-refractivity contribution in [3.63, 3.8) is 0 Å². The van der Waals surface area contributed by atoms with Crippen molar-refractivity contribution in [3.8, 4) is 0 Å². The van der Waals surface area contributed by atoms with Gasteiger partial charge >= 0.3 is 0 Å². The Morgan fingerprint density at radius 1 is 1.12 bits per heavy atom. The second-order valence-electron chi connectivity index (χ2n) is 6.45. The Morgan fingerprint density at radius 2 is 1.92 bits per heavy atom. The molecule has 1 aromatic carbocycles. The van der Waals surface area contributed by atoms with Gasteiger partial charge in [0.25, 0.3) is 5.56 Å². The molecule has 0 aliphatic carbocycles. The minimum absolute atomic E-state index is 0.00894. The number of fused-ring (bicyclic) bond motifs is 1. The highest BCUT2D eigenvalue weighted by Gasteiger charge is 2.18. The van der Waals surface area contributed by atoms with E-state index in [1.807, 2.05) is 31.4 Å². The zero-order valence-corrected chi connectivity index (χ0v) is 14.5. The molecule has 25 heavy (non-hydrogen) atoms. The minimum atomic E-state index is -0.00894. The molecule has 2 aromatic heterocycles. The predicted molar refractivity (Wildman–Crippen MR) is 95.5 cm³/mol. The van der Waals surface area contributed by atoms with Crippen molar-refractivity contribution in [1.82, 2.24) is 29.4 Å². The first-order valence-corrected chi connectivity index (χ1v) is 8.38. The Morgan fingerprint density at radius 3 is 2.64 bits per heavy atom. The zero-order chi connectivity index (χ0) is 17.4. The SMILES string of the molecule is Cn1ncc(CN2CCN(c3ccc4c(=O)n(C)cnc4c3)CC2)n1. The number of nitrogens with zero attached hydrogens (tertiary/aromatic N) is 7. The van der Waals surface area contributed by atoms with Crippen molar-refractivity contribution in [1.29, 1.82) is 0 Å². The van der Waals surface area contributed by atoms with Crippen LogP contribution in [0.3, 0.4) is 0 Å². The van der Waals surface area contributed by atoms with E-state index in [1.165, 1.54) is 4.57 Å². The predicted octanol–water partition coefficient (Wildman–Crippen LogP) is 0.384. The fraction of sp³-hybridized carbons (Fsp3) is 0.412. The minimum Gasteiger partial charge on any atom is -0.369 e. The van der Waals surface area contributed by atoms with Gasteiger partial charge in [0.1, 0.15) is 0 Å². The summed E-state index contributed by atoms with van der Waals surface area (Å²) in [5, 5.41) is 9.13. The first-order valence-electron chi connectivity index (χ1n) is 8.38. The fourth-order valence-corrected chi connectivity index (χ4v) is 3.25. The molecule has 1 aliphatic heterocycles.